The number of hydrogen-bond acceptors (Lipinski definition) is 4. The largest absolute Gasteiger partial charge is 0.496 e. The number of methoxy groups -OCH3 is 1. The highest BCUT2D eigenvalue weighted by atomic mass is 35.5. The minimum atomic E-state index is -0.257. The van der Waals surface area contributed by atoms with Gasteiger partial charge in [0.25, 0.3) is 11.8 Å². The Balaban J connectivity index is 1.73. The molecular weight excluding hydrogens is 490 g/mol. The first-order valence-electron chi connectivity index (χ1n) is 12.7. The maximum Gasteiger partial charge on any atom is 0.256 e. The van der Waals surface area contributed by atoms with Crippen molar-refractivity contribution >= 4 is 23.4 Å². The zero-order chi connectivity index (χ0) is 26.3. The number of carbonyl (C=O) groups is 2. The molecule has 3 heterocycles. The number of hydrogen-bond donors (Lipinski definition) is 1. The molecule has 0 radical (unpaired) electrons. The van der Waals surface area contributed by atoms with Gasteiger partial charge in [-0.3, -0.25) is 9.59 Å². The van der Waals surface area contributed by atoms with Crippen LogP contribution in [0.25, 0.3) is 11.3 Å². The third-order valence-electron chi connectivity index (χ3n) is 7.33. The molecule has 0 bridgehead atoms. The predicted molar refractivity (Wildman–Crippen MR) is 144 cm³/mol. The van der Waals surface area contributed by atoms with Crippen molar-refractivity contribution in [2.24, 2.45) is 0 Å². The van der Waals surface area contributed by atoms with Crippen LogP contribution in [-0.2, 0) is 4.74 Å². The predicted octanol–water partition coefficient (Wildman–Crippen LogP) is 5.48. The van der Waals surface area contributed by atoms with Gasteiger partial charge in [0.05, 0.1) is 30.1 Å². The van der Waals surface area contributed by atoms with Crippen molar-refractivity contribution < 1.29 is 19.1 Å². The molecule has 1 atom stereocenters. The van der Waals surface area contributed by atoms with Crippen molar-refractivity contribution in [2.75, 3.05) is 27.4 Å². The highest BCUT2D eigenvalue weighted by Gasteiger charge is 2.45. The van der Waals surface area contributed by atoms with Crippen molar-refractivity contribution in [3.05, 3.63) is 75.9 Å². The van der Waals surface area contributed by atoms with E-state index in [9.17, 15) is 9.59 Å². The first kappa shape index (κ1) is 25.4. The maximum absolute atomic E-state index is 14.1. The second kappa shape index (κ2) is 10.2. The molecule has 0 saturated carbocycles. The van der Waals surface area contributed by atoms with E-state index in [2.05, 4.69) is 23.7 Å². The lowest BCUT2D eigenvalue weighted by Crippen LogP contribution is -2.42. The molecule has 2 aliphatic heterocycles. The van der Waals surface area contributed by atoms with E-state index in [-0.39, 0.29) is 29.9 Å². The number of nitrogens with zero attached hydrogens (tertiary/aromatic N) is 2. The number of nitrogens with one attached hydrogen (secondary N) is 1. The van der Waals surface area contributed by atoms with E-state index in [4.69, 9.17) is 21.1 Å². The zero-order valence-electron chi connectivity index (χ0n) is 21.6. The molecule has 0 spiro atoms. The normalized spacial score (nSPS) is 17.8. The smallest absolute Gasteiger partial charge is 0.256 e. The number of halogens is 1. The number of rotatable bonds is 6. The van der Waals surface area contributed by atoms with Crippen LogP contribution in [0.5, 0.6) is 5.75 Å². The third kappa shape index (κ3) is 4.40. The molecule has 2 aliphatic rings. The number of fused-ring (bicyclic) bond motifs is 1. The van der Waals surface area contributed by atoms with Crippen LogP contribution in [0, 0.1) is 0 Å². The van der Waals surface area contributed by atoms with Crippen LogP contribution in [0.2, 0.25) is 5.02 Å². The van der Waals surface area contributed by atoms with E-state index in [0.717, 1.165) is 35.4 Å². The SMILES string of the molecule is CNC(=O)c1ccc(OC)c(-c2cc3c(n2C(C)C)C(c2ccc(Cl)cc2)N(C2CCOCC2)C3=O)c1. The Morgan fingerprint density at radius 3 is 2.41 bits per heavy atom. The van der Waals surface area contributed by atoms with E-state index in [1.54, 1.807) is 26.3 Å². The Morgan fingerprint density at radius 2 is 1.78 bits per heavy atom. The van der Waals surface area contributed by atoms with Crippen LogP contribution < -0.4 is 10.1 Å². The summed E-state index contributed by atoms with van der Waals surface area (Å²) in [4.78, 5) is 28.6. The number of ether oxygens (including phenoxy) is 2. The number of amides is 2. The molecule has 194 valence electrons. The average molecular weight is 522 g/mol. The summed E-state index contributed by atoms with van der Waals surface area (Å²) in [5.74, 6) is 0.478. The fourth-order valence-corrected chi connectivity index (χ4v) is 5.77. The molecule has 3 aromatic rings. The fourth-order valence-electron chi connectivity index (χ4n) is 5.64. The van der Waals surface area contributed by atoms with Gasteiger partial charge < -0.3 is 24.3 Å². The van der Waals surface area contributed by atoms with Crippen molar-refractivity contribution in [2.45, 2.75) is 44.8 Å². The first-order chi connectivity index (χ1) is 17.8. The van der Waals surface area contributed by atoms with Crippen LogP contribution in [0.1, 0.15) is 70.7 Å². The maximum atomic E-state index is 14.1. The molecule has 1 fully saturated rings. The summed E-state index contributed by atoms with van der Waals surface area (Å²) in [6.07, 6.45) is 1.60. The van der Waals surface area contributed by atoms with E-state index < -0.39 is 0 Å². The van der Waals surface area contributed by atoms with Crippen LogP contribution in [0.4, 0.5) is 0 Å². The Hall–Kier alpha value is -3.29. The lowest BCUT2D eigenvalue weighted by atomic mass is 9.99. The summed E-state index contributed by atoms with van der Waals surface area (Å²) in [5, 5.41) is 3.34. The average Bonchev–Trinajstić information content (AvgIpc) is 3.44. The molecule has 8 heteroatoms. The van der Waals surface area contributed by atoms with Crippen LogP contribution >= 0.6 is 11.6 Å². The summed E-state index contributed by atoms with van der Waals surface area (Å²) in [6.45, 7) is 5.51. The lowest BCUT2D eigenvalue weighted by Gasteiger charge is -2.37. The molecule has 1 saturated heterocycles. The summed E-state index contributed by atoms with van der Waals surface area (Å²) in [5.41, 5.74) is 4.80. The summed E-state index contributed by atoms with van der Waals surface area (Å²) < 4.78 is 13.5. The molecule has 7 nitrogen and oxygen atoms in total. The number of benzene rings is 2. The Morgan fingerprint density at radius 1 is 1.08 bits per heavy atom. The van der Waals surface area contributed by atoms with Crippen molar-refractivity contribution in [1.29, 1.82) is 0 Å². The number of aromatic nitrogens is 1. The van der Waals surface area contributed by atoms with Gasteiger partial charge in [-0.15, -0.1) is 0 Å². The Kier molecular flexibility index (Phi) is 7.01. The molecule has 0 aliphatic carbocycles. The van der Waals surface area contributed by atoms with Gasteiger partial charge >= 0.3 is 0 Å². The molecule has 2 amide bonds. The van der Waals surface area contributed by atoms with Crippen LogP contribution in [0.3, 0.4) is 0 Å². The van der Waals surface area contributed by atoms with Gasteiger partial charge in [-0.05, 0) is 68.7 Å². The molecule has 5 rings (SSSR count). The van der Waals surface area contributed by atoms with Gasteiger partial charge in [0, 0.05) is 48.5 Å². The van der Waals surface area contributed by atoms with E-state index in [0.29, 0.717) is 35.1 Å². The number of carbonyl (C=O) groups excluding carboxylic acids is 2. The molecule has 2 aromatic carbocycles. The van der Waals surface area contributed by atoms with Gasteiger partial charge in [0.15, 0.2) is 0 Å². The van der Waals surface area contributed by atoms with E-state index in [1.807, 2.05) is 41.3 Å². The van der Waals surface area contributed by atoms with Gasteiger partial charge in [-0.2, -0.15) is 0 Å². The Labute approximate surface area is 222 Å². The topological polar surface area (TPSA) is 72.8 Å². The van der Waals surface area contributed by atoms with Crippen LogP contribution in [-0.4, -0.2) is 54.7 Å². The van der Waals surface area contributed by atoms with Gasteiger partial charge in [-0.1, -0.05) is 23.7 Å². The third-order valence-corrected chi connectivity index (χ3v) is 7.58. The monoisotopic (exact) mass is 521 g/mol. The van der Waals surface area contributed by atoms with Crippen molar-refractivity contribution in [1.82, 2.24) is 14.8 Å². The highest BCUT2D eigenvalue weighted by molar-refractivity contribution is 6.30. The molecule has 37 heavy (non-hydrogen) atoms. The molecule has 1 unspecified atom stereocenters. The second-order valence-corrected chi connectivity index (χ2v) is 10.2. The van der Waals surface area contributed by atoms with Crippen molar-refractivity contribution in [3.63, 3.8) is 0 Å². The standard InChI is InChI=1S/C29H32ClN3O4/c1-17(2)32-24(22-15-19(28(34)31-3)7-10-25(22)36-4)16-23-27(32)26(18-5-8-20(30)9-6-18)33(29(23)35)21-11-13-37-14-12-21/h5-10,15-17,21,26H,11-14H2,1-4H3,(H,31,34). The van der Waals surface area contributed by atoms with Gasteiger partial charge in [0.2, 0.25) is 0 Å². The van der Waals surface area contributed by atoms with Gasteiger partial charge in [-0.25, -0.2) is 0 Å². The molecular formula is C29H32ClN3O4. The summed E-state index contributed by atoms with van der Waals surface area (Å²) in [7, 11) is 3.22. The highest BCUT2D eigenvalue weighted by Crippen LogP contribution is 2.47. The van der Waals surface area contributed by atoms with Crippen LogP contribution in [0.15, 0.2) is 48.5 Å². The second-order valence-electron chi connectivity index (χ2n) is 9.80. The quantitative estimate of drug-likeness (QED) is 0.466. The van der Waals surface area contributed by atoms with Gasteiger partial charge in [0.1, 0.15) is 5.75 Å². The Bertz CT molecular complexity index is 1330. The molecule has 1 N–H and O–H groups in total. The summed E-state index contributed by atoms with van der Waals surface area (Å²) in [6, 6.07) is 15.0. The summed E-state index contributed by atoms with van der Waals surface area (Å²) >= 11 is 6.24. The van der Waals surface area contributed by atoms with Crippen molar-refractivity contribution in [3.8, 4) is 17.0 Å². The zero-order valence-corrected chi connectivity index (χ0v) is 22.3. The minimum absolute atomic E-state index is 0.0175. The van der Waals surface area contributed by atoms with E-state index >= 15 is 0 Å². The fraction of sp³-hybridized carbons (Fsp3) is 0.379. The minimum Gasteiger partial charge on any atom is -0.496 e. The molecule has 1 aromatic heterocycles. The van der Waals surface area contributed by atoms with E-state index in [1.165, 1.54) is 0 Å². The first-order valence-corrected chi connectivity index (χ1v) is 13.0. The lowest BCUT2D eigenvalue weighted by molar-refractivity contribution is 0.0242.